The van der Waals surface area contributed by atoms with E-state index in [9.17, 15) is 0 Å². The molecule has 1 heterocycles. The van der Waals surface area contributed by atoms with Crippen molar-refractivity contribution in [1.29, 1.82) is 0 Å². The number of hydrogen-bond donors (Lipinski definition) is 0. The summed E-state index contributed by atoms with van der Waals surface area (Å²) in [5, 5.41) is 0. The van der Waals surface area contributed by atoms with Crippen molar-refractivity contribution in [2.45, 2.75) is 98.3 Å². The molecule has 0 aliphatic rings. The Morgan fingerprint density at radius 2 is 1.35 bits per heavy atom. The molecular formula is C19H34S. The second kappa shape index (κ2) is 6.64. The normalized spacial score (nSPS) is 13.0. The molecule has 116 valence electrons. The molecule has 0 bridgehead atoms. The fourth-order valence-electron chi connectivity index (χ4n) is 2.90. The van der Waals surface area contributed by atoms with E-state index < -0.39 is 0 Å². The monoisotopic (exact) mass is 294 g/mol. The molecule has 1 aromatic rings. The topological polar surface area (TPSA) is 0 Å². The van der Waals surface area contributed by atoms with Crippen LogP contribution in [-0.2, 0) is 17.3 Å². The second-order valence-corrected chi connectivity index (χ2v) is 9.20. The van der Waals surface area contributed by atoms with Crippen LogP contribution >= 0.6 is 11.3 Å². The highest BCUT2D eigenvalue weighted by Gasteiger charge is 2.28. The van der Waals surface area contributed by atoms with Crippen LogP contribution in [0.4, 0.5) is 0 Å². The first-order valence-electron chi connectivity index (χ1n) is 8.22. The Labute approximate surface area is 131 Å². The van der Waals surface area contributed by atoms with Gasteiger partial charge in [0, 0.05) is 9.75 Å². The van der Waals surface area contributed by atoms with Gasteiger partial charge in [-0.15, -0.1) is 11.3 Å². The van der Waals surface area contributed by atoms with Crippen LogP contribution in [0.15, 0.2) is 0 Å². The van der Waals surface area contributed by atoms with Crippen molar-refractivity contribution in [3.05, 3.63) is 20.9 Å². The summed E-state index contributed by atoms with van der Waals surface area (Å²) in [7, 11) is 0. The molecule has 0 atom stereocenters. The van der Waals surface area contributed by atoms with Crippen LogP contribution in [0.2, 0.25) is 0 Å². The molecule has 1 heteroatoms. The SMILES string of the molecule is CCCCCCc1c(C(C)(C)C)sc(C(C)(C)C)c1C. The fourth-order valence-corrected chi connectivity index (χ4v) is 4.37. The Morgan fingerprint density at radius 1 is 0.800 bits per heavy atom. The lowest BCUT2D eigenvalue weighted by Crippen LogP contribution is -2.11. The molecule has 0 aliphatic carbocycles. The lowest BCUT2D eigenvalue weighted by Gasteiger charge is -2.19. The number of unbranched alkanes of at least 4 members (excludes halogenated alkanes) is 3. The molecule has 0 nitrogen and oxygen atoms in total. The van der Waals surface area contributed by atoms with Gasteiger partial charge in [0.1, 0.15) is 0 Å². The number of rotatable bonds is 5. The average Bonchev–Trinajstić information content (AvgIpc) is 2.61. The first kappa shape index (κ1) is 17.8. The van der Waals surface area contributed by atoms with Crippen LogP contribution in [0.3, 0.4) is 0 Å². The third-order valence-electron chi connectivity index (χ3n) is 3.91. The van der Waals surface area contributed by atoms with Crippen molar-refractivity contribution in [2.75, 3.05) is 0 Å². The van der Waals surface area contributed by atoms with Crippen LogP contribution in [0.5, 0.6) is 0 Å². The van der Waals surface area contributed by atoms with E-state index in [4.69, 9.17) is 0 Å². The summed E-state index contributed by atoms with van der Waals surface area (Å²) in [6.45, 7) is 18.8. The van der Waals surface area contributed by atoms with E-state index in [1.54, 1.807) is 20.9 Å². The summed E-state index contributed by atoms with van der Waals surface area (Å²) in [6.07, 6.45) is 6.69. The summed E-state index contributed by atoms with van der Waals surface area (Å²) >= 11 is 2.06. The molecular weight excluding hydrogens is 260 g/mol. The van der Waals surface area contributed by atoms with Gasteiger partial charge in [0.05, 0.1) is 0 Å². The van der Waals surface area contributed by atoms with E-state index >= 15 is 0 Å². The quantitative estimate of drug-likeness (QED) is 0.525. The Morgan fingerprint density at radius 3 is 1.80 bits per heavy atom. The van der Waals surface area contributed by atoms with Gasteiger partial charge in [-0.1, -0.05) is 67.7 Å². The molecule has 0 N–H and O–H groups in total. The first-order chi connectivity index (χ1) is 9.09. The average molecular weight is 295 g/mol. The number of hydrogen-bond acceptors (Lipinski definition) is 1. The van der Waals surface area contributed by atoms with E-state index in [1.165, 1.54) is 32.1 Å². The summed E-state index contributed by atoms with van der Waals surface area (Å²) in [5.74, 6) is 0. The van der Waals surface area contributed by atoms with Crippen LogP contribution in [0.25, 0.3) is 0 Å². The van der Waals surface area contributed by atoms with Crippen molar-refractivity contribution in [3.63, 3.8) is 0 Å². The molecule has 1 aromatic heterocycles. The van der Waals surface area contributed by atoms with E-state index in [1.807, 2.05) is 0 Å². The molecule has 0 aromatic carbocycles. The maximum absolute atomic E-state index is 2.36. The molecule has 0 fully saturated rings. The van der Waals surface area contributed by atoms with Crippen molar-refractivity contribution in [2.24, 2.45) is 0 Å². The standard InChI is InChI=1S/C19H34S/c1-9-10-11-12-13-15-14(2)16(18(3,4)5)20-17(15)19(6,7)8/h9-13H2,1-8H3. The third kappa shape index (κ3) is 4.35. The van der Waals surface area contributed by atoms with E-state index in [-0.39, 0.29) is 10.8 Å². The Hall–Kier alpha value is -0.300. The molecule has 0 aliphatic heterocycles. The highest BCUT2D eigenvalue weighted by molar-refractivity contribution is 7.12. The molecule has 0 spiro atoms. The molecule has 1 rings (SSSR count). The predicted molar refractivity (Wildman–Crippen MR) is 94.3 cm³/mol. The zero-order chi connectivity index (χ0) is 15.6. The minimum absolute atomic E-state index is 0.274. The van der Waals surface area contributed by atoms with Gasteiger partial charge in [-0.25, -0.2) is 0 Å². The van der Waals surface area contributed by atoms with Gasteiger partial charge < -0.3 is 0 Å². The molecule has 0 saturated heterocycles. The molecule has 0 radical (unpaired) electrons. The maximum atomic E-state index is 2.36. The zero-order valence-corrected chi connectivity index (χ0v) is 15.8. The van der Waals surface area contributed by atoms with Gasteiger partial charge in [-0.2, -0.15) is 0 Å². The van der Waals surface area contributed by atoms with Gasteiger partial charge in [0.15, 0.2) is 0 Å². The Balaban J connectivity index is 3.09. The van der Waals surface area contributed by atoms with E-state index in [0.717, 1.165) is 0 Å². The minimum atomic E-state index is 0.274. The maximum Gasteiger partial charge on any atom is 0.0137 e. The highest BCUT2D eigenvalue weighted by atomic mass is 32.1. The molecule has 0 amide bonds. The van der Waals surface area contributed by atoms with Gasteiger partial charge >= 0.3 is 0 Å². The van der Waals surface area contributed by atoms with Crippen molar-refractivity contribution in [1.82, 2.24) is 0 Å². The van der Waals surface area contributed by atoms with E-state index in [0.29, 0.717) is 0 Å². The van der Waals surface area contributed by atoms with Crippen LogP contribution in [0, 0.1) is 6.92 Å². The van der Waals surface area contributed by atoms with Crippen molar-refractivity contribution < 1.29 is 0 Å². The Kier molecular flexibility index (Phi) is 5.89. The second-order valence-electron chi connectivity index (χ2n) is 8.17. The van der Waals surface area contributed by atoms with Gasteiger partial charge in [0.25, 0.3) is 0 Å². The summed E-state index contributed by atoms with van der Waals surface area (Å²) in [5.41, 5.74) is 3.78. The number of thiophene rings is 1. The van der Waals surface area contributed by atoms with Crippen molar-refractivity contribution in [3.8, 4) is 0 Å². The van der Waals surface area contributed by atoms with Crippen LogP contribution < -0.4 is 0 Å². The summed E-state index contributed by atoms with van der Waals surface area (Å²) in [4.78, 5) is 3.21. The lowest BCUT2D eigenvalue weighted by molar-refractivity contribution is 0.588. The fraction of sp³-hybridized carbons (Fsp3) is 0.789. The van der Waals surface area contributed by atoms with Crippen LogP contribution in [-0.4, -0.2) is 0 Å². The smallest absolute Gasteiger partial charge is 0.0137 e. The molecule has 0 unspecified atom stereocenters. The largest absolute Gasteiger partial charge is 0.144 e. The molecule has 20 heavy (non-hydrogen) atoms. The minimum Gasteiger partial charge on any atom is -0.144 e. The lowest BCUT2D eigenvalue weighted by atomic mass is 9.85. The summed E-state index contributed by atoms with van der Waals surface area (Å²) in [6, 6.07) is 0. The van der Waals surface area contributed by atoms with Gasteiger partial charge in [0.2, 0.25) is 0 Å². The van der Waals surface area contributed by atoms with Crippen LogP contribution in [0.1, 0.15) is 95.0 Å². The third-order valence-corrected chi connectivity index (χ3v) is 6.10. The Bertz CT molecular complexity index is 424. The zero-order valence-electron chi connectivity index (χ0n) is 14.9. The van der Waals surface area contributed by atoms with Gasteiger partial charge in [-0.3, -0.25) is 0 Å². The first-order valence-corrected chi connectivity index (χ1v) is 9.04. The van der Waals surface area contributed by atoms with Gasteiger partial charge in [-0.05, 0) is 41.7 Å². The van der Waals surface area contributed by atoms with Crippen molar-refractivity contribution >= 4 is 11.3 Å². The summed E-state index contributed by atoms with van der Waals surface area (Å²) < 4.78 is 0. The predicted octanol–water partition coefficient (Wildman–Crippen LogP) is 6.77. The van der Waals surface area contributed by atoms with E-state index in [2.05, 4.69) is 66.7 Å². The molecule has 0 saturated carbocycles. The highest BCUT2D eigenvalue weighted by Crippen LogP contribution is 2.42.